The molecule has 0 radical (unpaired) electrons. The van der Waals surface area contributed by atoms with Crippen LogP contribution in [0.2, 0.25) is 5.02 Å². The highest BCUT2D eigenvalue weighted by Gasteiger charge is 2.28. The molecule has 0 aromatic heterocycles. The number of amides is 1. The van der Waals surface area contributed by atoms with E-state index in [0.29, 0.717) is 11.4 Å². The van der Waals surface area contributed by atoms with Crippen LogP contribution in [0.5, 0.6) is 5.75 Å². The van der Waals surface area contributed by atoms with E-state index in [9.17, 15) is 13.2 Å². The SMILES string of the molecule is COc1ccc(N(CC(=O)Nc2c(C)cccc2C(C)C)S(=O)(=O)c2ccc(C)cc2)cc1Cl. The molecule has 3 aromatic rings. The third-order valence-electron chi connectivity index (χ3n) is 5.51. The topological polar surface area (TPSA) is 75.7 Å². The summed E-state index contributed by atoms with van der Waals surface area (Å²) in [4.78, 5) is 13.3. The number of carbonyl (C=O) groups excluding carboxylic acids is 1. The molecule has 0 unspecified atom stereocenters. The summed E-state index contributed by atoms with van der Waals surface area (Å²) in [6, 6.07) is 16.9. The summed E-state index contributed by atoms with van der Waals surface area (Å²) < 4.78 is 33.5. The molecule has 3 aromatic carbocycles. The summed E-state index contributed by atoms with van der Waals surface area (Å²) in [5.74, 6) is 0.130. The fourth-order valence-corrected chi connectivity index (χ4v) is 5.28. The third kappa shape index (κ3) is 5.54. The van der Waals surface area contributed by atoms with Crippen molar-refractivity contribution in [2.45, 2.75) is 38.5 Å². The van der Waals surface area contributed by atoms with Gasteiger partial charge in [0.05, 0.1) is 22.7 Å². The molecule has 0 aliphatic carbocycles. The first-order valence-corrected chi connectivity index (χ1v) is 12.7. The van der Waals surface area contributed by atoms with Crippen LogP contribution in [0.1, 0.15) is 36.5 Å². The Morgan fingerprint density at radius 3 is 2.32 bits per heavy atom. The van der Waals surface area contributed by atoms with Crippen molar-refractivity contribution in [3.63, 3.8) is 0 Å². The van der Waals surface area contributed by atoms with Crippen molar-refractivity contribution in [2.24, 2.45) is 0 Å². The number of methoxy groups -OCH3 is 1. The van der Waals surface area contributed by atoms with E-state index in [1.165, 1.54) is 25.3 Å². The number of ether oxygens (including phenoxy) is 1. The molecule has 0 bridgehead atoms. The number of para-hydroxylation sites is 1. The monoisotopic (exact) mass is 500 g/mol. The molecule has 0 saturated heterocycles. The van der Waals surface area contributed by atoms with Crippen LogP contribution in [0.3, 0.4) is 0 Å². The van der Waals surface area contributed by atoms with Crippen molar-refractivity contribution in [1.29, 1.82) is 0 Å². The normalized spacial score (nSPS) is 11.4. The number of aryl methyl sites for hydroxylation is 2. The molecule has 6 nitrogen and oxygen atoms in total. The Hall–Kier alpha value is -3.03. The number of halogens is 1. The van der Waals surface area contributed by atoms with Gasteiger partial charge in [-0.05, 0) is 61.2 Å². The highest BCUT2D eigenvalue weighted by atomic mass is 35.5. The highest BCUT2D eigenvalue weighted by molar-refractivity contribution is 7.92. The third-order valence-corrected chi connectivity index (χ3v) is 7.59. The molecule has 8 heteroatoms. The minimum Gasteiger partial charge on any atom is -0.495 e. The predicted molar refractivity (Wildman–Crippen MR) is 138 cm³/mol. The van der Waals surface area contributed by atoms with Gasteiger partial charge in [0, 0.05) is 5.69 Å². The van der Waals surface area contributed by atoms with Gasteiger partial charge in [-0.15, -0.1) is 0 Å². The van der Waals surface area contributed by atoms with Crippen molar-refractivity contribution in [3.05, 3.63) is 82.4 Å². The number of anilines is 2. The van der Waals surface area contributed by atoms with E-state index >= 15 is 0 Å². The number of hydrogen-bond donors (Lipinski definition) is 1. The summed E-state index contributed by atoms with van der Waals surface area (Å²) in [5.41, 5.74) is 3.77. The van der Waals surface area contributed by atoms with Crippen LogP contribution in [0, 0.1) is 13.8 Å². The first kappa shape index (κ1) is 25.6. The van der Waals surface area contributed by atoms with E-state index in [0.717, 1.165) is 21.0 Å². The zero-order chi connectivity index (χ0) is 25.0. The molecule has 0 spiro atoms. The maximum Gasteiger partial charge on any atom is 0.264 e. The van der Waals surface area contributed by atoms with Crippen molar-refractivity contribution in [3.8, 4) is 5.75 Å². The van der Waals surface area contributed by atoms with E-state index in [1.807, 2.05) is 45.9 Å². The average Bonchev–Trinajstić information content (AvgIpc) is 2.78. The zero-order valence-electron chi connectivity index (χ0n) is 19.9. The van der Waals surface area contributed by atoms with E-state index in [4.69, 9.17) is 16.3 Å². The Bertz CT molecular complexity index is 1290. The Labute approximate surface area is 206 Å². The standard InChI is InChI=1S/C26H29ClN2O4S/c1-17(2)22-8-6-7-19(4)26(22)28-25(30)16-29(20-11-14-24(33-5)23(27)15-20)34(31,32)21-12-9-18(3)10-13-21/h6-15,17H,16H2,1-5H3,(H,28,30). The molecule has 0 fully saturated rings. The fourth-order valence-electron chi connectivity index (χ4n) is 3.61. The lowest BCUT2D eigenvalue weighted by Gasteiger charge is -2.25. The lowest BCUT2D eigenvalue weighted by Crippen LogP contribution is -2.38. The maximum atomic E-state index is 13.6. The maximum absolute atomic E-state index is 13.6. The summed E-state index contributed by atoms with van der Waals surface area (Å²) in [6.45, 7) is 7.44. The fraction of sp³-hybridized carbons (Fsp3) is 0.269. The van der Waals surface area contributed by atoms with Gasteiger partial charge in [-0.1, -0.05) is 61.3 Å². The number of nitrogens with zero attached hydrogens (tertiary/aromatic N) is 1. The average molecular weight is 501 g/mol. The number of carbonyl (C=O) groups is 1. The van der Waals surface area contributed by atoms with Gasteiger partial charge in [0.2, 0.25) is 5.91 Å². The first-order valence-electron chi connectivity index (χ1n) is 10.9. The molecule has 1 amide bonds. The number of nitrogens with one attached hydrogen (secondary N) is 1. The first-order chi connectivity index (χ1) is 16.0. The van der Waals surface area contributed by atoms with Gasteiger partial charge in [-0.3, -0.25) is 9.10 Å². The Kier molecular flexibility index (Phi) is 7.89. The lowest BCUT2D eigenvalue weighted by molar-refractivity contribution is -0.114. The highest BCUT2D eigenvalue weighted by Crippen LogP contribution is 2.32. The van der Waals surface area contributed by atoms with Gasteiger partial charge in [0.25, 0.3) is 10.0 Å². The molecule has 34 heavy (non-hydrogen) atoms. The second-order valence-electron chi connectivity index (χ2n) is 8.39. The van der Waals surface area contributed by atoms with Crippen LogP contribution in [0.25, 0.3) is 0 Å². The van der Waals surface area contributed by atoms with Crippen LogP contribution in [0.4, 0.5) is 11.4 Å². The number of sulfonamides is 1. The Morgan fingerprint density at radius 2 is 1.74 bits per heavy atom. The van der Waals surface area contributed by atoms with Crippen molar-refractivity contribution in [2.75, 3.05) is 23.3 Å². The summed E-state index contributed by atoms with van der Waals surface area (Å²) in [5, 5.41) is 3.17. The summed E-state index contributed by atoms with van der Waals surface area (Å²) in [6.07, 6.45) is 0. The molecule has 0 atom stereocenters. The van der Waals surface area contributed by atoms with Crippen molar-refractivity contribution in [1.82, 2.24) is 0 Å². The van der Waals surface area contributed by atoms with E-state index in [1.54, 1.807) is 24.3 Å². The molecular weight excluding hydrogens is 472 g/mol. The van der Waals surface area contributed by atoms with Crippen LogP contribution in [-0.2, 0) is 14.8 Å². The Morgan fingerprint density at radius 1 is 1.06 bits per heavy atom. The second-order valence-corrected chi connectivity index (χ2v) is 10.7. The lowest BCUT2D eigenvalue weighted by atomic mass is 9.98. The number of hydrogen-bond acceptors (Lipinski definition) is 4. The summed E-state index contributed by atoms with van der Waals surface area (Å²) in [7, 11) is -2.58. The molecule has 0 aliphatic rings. The van der Waals surface area contributed by atoms with Crippen LogP contribution < -0.4 is 14.4 Å². The van der Waals surface area contributed by atoms with Crippen molar-refractivity contribution < 1.29 is 17.9 Å². The van der Waals surface area contributed by atoms with Gasteiger partial charge < -0.3 is 10.1 Å². The molecule has 180 valence electrons. The minimum absolute atomic E-state index is 0.0802. The van der Waals surface area contributed by atoms with Crippen LogP contribution in [0.15, 0.2) is 65.6 Å². The minimum atomic E-state index is -4.06. The van der Waals surface area contributed by atoms with E-state index < -0.39 is 22.5 Å². The molecule has 0 heterocycles. The van der Waals surface area contributed by atoms with Gasteiger partial charge >= 0.3 is 0 Å². The van der Waals surface area contributed by atoms with Crippen molar-refractivity contribution >= 4 is 38.9 Å². The quantitative estimate of drug-likeness (QED) is 0.416. The van der Waals surface area contributed by atoms with Gasteiger partial charge in [0.1, 0.15) is 12.3 Å². The Balaban J connectivity index is 2.02. The molecule has 0 aliphatic heterocycles. The smallest absolute Gasteiger partial charge is 0.264 e. The molecule has 3 rings (SSSR count). The number of benzene rings is 3. The second kappa shape index (κ2) is 10.5. The van der Waals surface area contributed by atoms with Crippen LogP contribution in [-0.4, -0.2) is 28.0 Å². The van der Waals surface area contributed by atoms with E-state index in [-0.39, 0.29) is 21.5 Å². The van der Waals surface area contributed by atoms with Gasteiger partial charge in [0.15, 0.2) is 0 Å². The molecule has 0 saturated carbocycles. The van der Waals surface area contributed by atoms with E-state index in [2.05, 4.69) is 5.32 Å². The summed E-state index contributed by atoms with van der Waals surface area (Å²) >= 11 is 6.29. The largest absolute Gasteiger partial charge is 0.495 e. The van der Waals surface area contributed by atoms with Crippen LogP contribution >= 0.6 is 11.6 Å². The number of rotatable bonds is 8. The van der Waals surface area contributed by atoms with Gasteiger partial charge in [-0.2, -0.15) is 0 Å². The van der Waals surface area contributed by atoms with Gasteiger partial charge in [-0.25, -0.2) is 8.42 Å². The molecular formula is C26H29ClN2O4S. The molecule has 1 N–H and O–H groups in total. The zero-order valence-corrected chi connectivity index (χ0v) is 21.5. The predicted octanol–water partition coefficient (Wildman–Crippen LogP) is 5.92.